The van der Waals surface area contributed by atoms with Crippen LogP contribution in [-0.2, 0) is 0 Å². The average Bonchev–Trinajstić information content (AvgIpc) is 2.66. The van der Waals surface area contributed by atoms with Crippen molar-refractivity contribution in [2.45, 2.75) is 20.8 Å². The molecular formula is C21H20N4O2. The molecule has 3 aromatic rings. The van der Waals surface area contributed by atoms with E-state index in [0.717, 1.165) is 16.9 Å². The third kappa shape index (κ3) is 4.55. The van der Waals surface area contributed by atoms with Gasteiger partial charge in [-0.3, -0.25) is 9.59 Å². The van der Waals surface area contributed by atoms with Gasteiger partial charge in [-0.2, -0.15) is 0 Å². The molecular weight excluding hydrogens is 340 g/mol. The topological polar surface area (TPSA) is 84.0 Å². The number of amides is 1. The molecule has 1 aromatic heterocycles. The van der Waals surface area contributed by atoms with Gasteiger partial charge in [0.1, 0.15) is 11.5 Å². The zero-order valence-electron chi connectivity index (χ0n) is 15.4. The Labute approximate surface area is 157 Å². The minimum absolute atomic E-state index is 0.0143. The molecule has 0 unspecified atom stereocenters. The third-order valence-corrected chi connectivity index (χ3v) is 4.21. The minimum Gasteiger partial charge on any atom is -0.339 e. The van der Waals surface area contributed by atoms with Crippen LogP contribution in [0.2, 0.25) is 0 Å². The van der Waals surface area contributed by atoms with E-state index in [1.807, 2.05) is 32.0 Å². The van der Waals surface area contributed by atoms with Crippen molar-refractivity contribution in [1.82, 2.24) is 9.97 Å². The molecule has 2 aromatic carbocycles. The molecule has 3 rings (SSSR count). The van der Waals surface area contributed by atoms with E-state index >= 15 is 0 Å². The molecule has 0 saturated carbocycles. The van der Waals surface area contributed by atoms with Crippen molar-refractivity contribution in [2.24, 2.45) is 0 Å². The monoisotopic (exact) mass is 360 g/mol. The number of rotatable bonds is 5. The molecule has 6 nitrogen and oxygen atoms in total. The lowest BCUT2D eigenvalue weighted by atomic mass is 10.1. The molecule has 0 bridgehead atoms. The number of carbonyl (C=O) groups is 2. The lowest BCUT2D eigenvalue weighted by Gasteiger charge is -2.08. The van der Waals surface area contributed by atoms with Crippen molar-refractivity contribution >= 4 is 28.9 Å². The van der Waals surface area contributed by atoms with E-state index in [1.165, 1.54) is 24.9 Å². The maximum Gasteiger partial charge on any atom is 0.275 e. The summed E-state index contributed by atoms with van der Waals surface area (Å²) >= 11 is 0. The van der Waals surface area contributed by atoms with Gasteiger partial charge in [0.2, 0.25) is 0 Å². The van der Waals surface area contributed by atoms with Crippen LogP contribution >= 0.6 is 0 Å². The molecule has 0 fully saturated rings. The van der Waals surface area contributed by atoms with E-state index in [9.17, 15) is 9.59 Å². The first-order valence-corrected chi connectivity index (χ1v) is 8.51. The molecule has 1 heterocycles. The fraction of sp³-hybridized carbons (Fsp3) is 0.143. The van der Waals surface area contributed by atoms with E-state index in [1.54, 1.807) is 24.3 Å². The third-order valence-electron chi connectivity index (χ3n) is 4.21. The number of carbonyl (C=O) groups excluding carboxylic acids is 2. The summed E-state index contributed by atoms with van der Waals surface area (Å²) < 4.78 is 0. The van der Waals surface area contributed by atoms with Crippen LogP contribution in [0, 0.1) is 13.8 Å². The number of hydrogen-bond donors (Lipinski definition) is 2. The highest BCUT2D eigenvalue weighted by atomic mass is 16.2. The van der Waals surface area contributed by atoms with Crippen LogP contribution in [0.3, 0.4) is 0 Å². The molecule has 0 aliphatic rings. The molecule has 0 radical (unpaired) electrons. The fourth-order valence-corrected chi connectivity index (χ4v) is 2.46. The van der Waals surface area contributed by atoms with Crippen molar-refractivity contribution in [3.05, 3.63) is 77.2 Å². The predicted octanol–water partition coefficient (Wildman–Crippen LogP) is 4.29. The minimum atomic E-state index is -0.317. The van der Waals surface area contributed by atoms with Gasteiger partial charge in [-0.05, 0) is 68.3 Å². The van der Waals surface area contributed by atoms with Gasteiger partial charge in [-0.15, -0.1) is 0 Å². The van der Waals surface area contributed by atoms with Crippen molar-refractivity contribution < 1.29 is 9.59 Å². The maximum absolute atomic E-state index is 12.3. The Morgan fingerprint density at radius 1 is 0.852 bits per heavy atom. The number of anilines is 3. The lowest BCUT2D eigenvalue weighted by Crippen LogP contribution is -2.14. The smallest absolute Gasteiger partial charge is 0.275 e. The maximum atomic E-state index is 12.3. The summed E-state index contributed by atoms with van der Waals surface area (Å²) in [7, 11) is 0. The number of hydrogen-bond acceptors (Lipinski definition) is 5. The molecule has 0 aliphatic heterocycles. The van der Waals surface area contributed by atoms with E-state index in [-0.39, 0.29) is 17.4 Å². The number of ketones is 1. The first-order chi connectivity index (χ1) is 12.9. The zero-order valence-corrected chi connectivity index (χ0v) is 15.4. The number of aromatic nitrogens is 2. The van der Waals surface area contributed by atoms with Gasteiger partial charge < -0.3 is 10.6 Å². The van der Waals surface area contributed by atoms with E-state index in [2.05, 4.69) is 20.6 Å². The van der Waals surface area contributed by atoms with Crippen molar-refractivity contribution in [2.75, 3.05) is 10.6 Å². The molecule has 0 spiro atoms. The van der Waals surface area contributed by atoms with Crippen LogP contribution in [0.1, 0.15) is 38.9 Å². The van der Waals surface area contributed by atoms with Crippen LogP contribution in [0.5, 0.6) is 0 Å². The average molecular weight is 360 g/mol. The Morgan fingerprint density at radius 2 is 1.56 bits per heavy atom. The second kappa shape index (κ2) is 7.78. The van der Waals surface area contributed by atoms with Crippen molar-refractivity contribution in [1.29, 1.82) is 0 Å². The van der Waals surface area contributed by atoms with Crippen LogP contribution in [0.4, 0.5) is 17.2 Å². The van der Waals surface area contributed by atoms with Crippen LogP contribution in [0.25, 0.3) is 0 Å². The Kier molecular flexibility index (Phi) is 5.26. The Balaban J connectivity index is 1.66. The highest BCUT2D eigenvalue weighted by Gasteiger charge is 2.09. The summed E-state index contributed by atoms with van der Waals surface area (Å²) in [5, 5.41) is 5.90. The summed E-state index contributed by atoms with van der Waals surface area (Å²) in [4.78, 5) is 32.0. The quantitative estimate of drug-likeness (QED) is 0.663. The van der Waals surface area contributed by atoms with Gasteiger partial charge in [0.25, 0.3) is 5.91 Å². The van der Waals surface area contributed by atoms with Crippen molar-refractivity contribution in [3.63, 3.8) is 0 Å². The fourth-order valence-electron chi connectivity index (χ4n) is 2.46. The molecule has 136 valence electrons. The standard InChI is InChI=1S/C21H20N4O2/c1-13-4-7-18(10-14(13)2)25-21(27)19-11-23-20(12-22-19)24-17-8-5-16(6-9-17)15(3)26/h4-12H,1-3H3,(H,23,24)(H,25,27). The Bertz CT molecular complexity index is 980. The van der Waals surface area contributed by atoms with Gasteiger partial charge >= 0.3 is 0 Å². The second-order valence-corrected chi connectivity index (χ2v) is 6.30. The van der Waals surface area contributed by atoms with Gasteiger partial charge in [0.05, 0.1) is 12.4 Å². The Morgan fingerprint density at radius 3 is 2.15 bits per heavy atom. The number of aryl methyl sites for hydroxylation is 2. The lowest BCUT2D eigenvalue weighted by molar-refractivity contribution is 0.101. The largest absolute Gasteiger partial charge is 0.339 e. The predicted molar refractivity (Wildman–Crippen MR) is 106 cm³/mol. The molecule has 27 heavy (non-hydrogen) atoms. The van der Waals surface area contributed by atoms with Crippen molar-refractivity contribution in [3.8, 4) is 0 Å². The van der Waals surface area contributed by atoms with Crippen LogP contribution in [0.15, 0.2) is 54.9 Å². The SMILES string of the molecule is CC(=O)c1ccc(Nc2cnc(C(=O)Nc3ccc(C)c(C)c3)cn2)cc1. The summed E-state index contributed by atoms with van der Waals surface area (Å²) in [6, 6.07) is 12.8. The Hall–Kier alpha value is -3.54. The molecule has 0 saturated heterocycles. The van der Waals surface area contributed by atoms with Crippen LogP contribution < -0.4 is 10.6 Å². The van der Waals surface area contributed by atoms with Gasteiger partial charge in [-0.25, -0.2) is 9.97 Å². The second-order valence-electron chi connectivity index (χ2n) is 6.30. The first kappa shape index (κ1) is 18.3. The van der Waals surface area contributed by atoms with Gasteiger partial charge in [-0.1, -0.05) is 6.07 Å². The van der Waals surface area contributed by atoms with Crippen LogP contribution in [-0.4, -0.2) is 21.7 Å². The van der Waals surface area contributed by atoms with E-state index in [0.29, 0.717) is 11.4 Å². The number of nitrogens with zero attached hydrogens (tertiary/aromatic N) is 2. The number of nitrogens with one attached hydrogen (secondary N) is 2. The molecule has 6 heteroatoms. The molecule has 0 atom stereocenters. The summed E-state index contributed by atoms with van der Waals surface area (Å²) in [5.41, 5.74) is 4.64. The van der Waals surface area contributed by atoms with Gasteiger partial charge in [0, 0.05) is 16.9 Å². The highest BCUT2D eigenvalue weighted by molar-refractivity contribution is 6.02. The molecule has 0 aliphatic carbocycles. The highest BCUT2D eigenvalue weighted by Crippen LogP contribution is 2.17. The zero-order chi connectivity index (χ0) is 19.4. The molecule has 1 amide bonds. The normalized spacial score (nSPS) is 10.3. The number of Topliss-reactive ketones (excluding diaryl/α,β-unsaturated/α-hetero) is 1. The summed E-state index contributed by atoms with van der Waals surface area (Å²) in [6.45, 7) is 5.54. The number of benzene rings is 2. The molecule has 2 N–H and O–H groups in total. The van der Waals surface area contributed by atoms with E-state index < -0.39 is 0 Å². The van der Waals surface area contributed by atoms with Gasteiger partial charge in [0.15, 0.2) is 5.78 Å². The summed E-state index contributed by atoms with van der Waals surface area (Å²) in [6.07, 6.45) is 2.91. The first-order valence-electron chi connectivity index (χ1n) is 8.51. The van der Waals surface area contributed by atoms with E-state index in [4.69, 9.17) is 0 Å². The summed E-state index contributed by atoms with van der Waals surface area (Å²) in [5.74, 6) is 0.205.